The molecule has 15 heavy (non-hydrogen) atoms. The van der Waals surface area contributed by atoms with E-state index in [0.717, 1.165) is 31.2 Å². The predicted molar refractivity (Wildman–Crippen MR) is 60.7 cm³/mol. The molecule has 0 aromatic heterocycles. The van der Waals surface area contributed by atoms with Crippen LogP contribution in [-0.4, -0.2) is 35.2 Å². The van der Waals surface area contributed by atoms with Crippen molar-refractivity contribution in [2.45, 2.75) is 50.5 Å². The van der Waals surface area contributed by atoms with Gasteiger partial charge in [0.1, 0.15) is 0 Å². The highest BCUT2D eigenvalue weighted by Crippen LogP contribution is 2.39. The first-order valence-electron chi connectivity index (χ1n) is 6.70. The summed E-state index contributed by atoms with van der Waals surface area (Å²) in [7, 11) is 0. The maximum Gasteiger partial charge on any atom is 0.0774 e. The number of likely N-dealkylation sites (tertiary alicyclic amines) is 1. The molecule has 0 spiro atoms. The van der Waals surface area contributed by atoms with Gasteiger partial charge >= 0.3 is 0 Å². The van der Waals surface area contributed by atoms with Gasteiger partial charge in [-0.25, -0.2) is 0 Å². The summed E-state index contributed by atoms with van der Waals surface area (Å²) in [6.07, 6.45) is 9.09. The molecule has 2 atom stereocenters. The summed E-state index contributed by atoms with van der Waals surface area (Å²) in [6, 6.07) is 0. The van der Waals surface area contributed by atoms with Crippen molar-refractivity contribution in [3.63, 3.8) is 0 Å². The second kappa shape index (κ2) is 3.74. The Labute approximate surface area is 92.7 Å². The average Bonchev–Trinajstić information content (AvgIpc) is 2.57. The molecule has 86 valence electrons. The smallest absolute Gasteiger partial charge is 0.0774 e. The van der Waals surface area contributed by atoms with E-state index in [1.807, 2.05) is 0 Å². The molecule has 2 aliphatic carbocycles. The van der Waals surface area contributed by atoms with Crippen LogP contribution in [0.4, 0.5) is 0 Å². The molecule has 0 amide bonds. The highest BCUT2D eigenvalue weighted by molar-refractivity contribution is 4.94. The minimum Gasteiger partial charge on any atom is -0.389 e. The Kier molecular flexibility index (Phi) is 2.52. The molecule has 0 aromatic rings. The monoisotopic (exact) mass is 209 g/mol. The van der Waals surface area contributed by atoms with Gasteiger partial charge < -0.3 is 5.11 Å². The molecular formula is C13H23NO. The first-order chi connectivity index (χ1) is 7.25. The van der Waals surface area contributed by atoms with Gasteiger partial charge in [-0.15, -0.1) is 0 Å². The second-order valence-electron chi connectivity index (χ2n) is 6.08. The number of nitrogens with zero attached hydrogens (tertiary/aromatic N) is 1. The average molecular weight is 209 g/mol. The van der Waals surface area contributed by atoms with E-state index in [1.54, 1.807) is 0 Å². The number of hydrogen-bond acceptors (Lipinski definition) is 2. The lowest BCUT2D eigenvalue weighted by molar-refractivity contribution is -0.0556. The van der Waals surface area contributed by atoms with Crippen LogP contribution in [0.3, 0.4) is 0 Å². The van der Waals surface area contributed by atoms with E-state index < -0.39 is 0 Å². The molecule has 0 radical (unpaired) electrons. The number of rotatable bonds is 2. The lowest BCUT2D eigenvalue weighted by Crippen LogP contribution is -2.47. The van der Waals surface area contributed by atoms with Gasteiger partial charge in [0.25, 0.3) is 0 Å². The molecule has 2 unspecified atom stereocenters. The third-order valence-corrected chi connectivity index (χ3v) is 4.85. The molecule has 2 saturated carbocycles. The van der Waals surface area contributed by atoms with Crippen LogP contribution in [0.25, 0.3) is 0 Å². The highest BCUT2D eigenvalue weighted by atomic mass is 16.3. The van der Waals surface area contributed by atoms with Gasteiger partial charge in [0.15, 0.2) is 0 Å². The van der Waals surface area contributed by atoms with Crippen molar-refractivity contribution in [1.29, 1.82) is 0 Å². The molecule has 1 N–H and O–H groups in total. The summed E-state index contributed by atoms with van der Waals surface area (Å²) >= 11 is 0. The van der Waals surface area contributed by atoms with Crippen molar-refractivity contribution in [3.8, 4) is 0 Å². The summed E-state index contributed by atoms with van der Waals surface area (Å²) in [5, 5.41) is 10.2. The summed E-state index contributed by atoms with van der Waals surface area (Å²) in [5.74, 6) is 1.92. The van der Waals surface area contributed by atoms with E-state index in [2.05, 4.69) is 4.90 Å². The number of aliphatic hydroxyl groups is 1. The molecule has 0 bridgehead atoms. The molecular weight excluding hydrogens is 186 g/mol. The van der Waals surface area contributed by atoms with Crippen LogP contribution >= 0.6 is 0 Å². The summed E-state index contributed by atoms with van der Waals surface area (Å²) in [5.41, 5.74) is -0.298. The standard InChI is InChI=1S/C13H23NO/c15-13(6-3-7-13)10-14-8-11-4-1-2-5-12(11)9-14/h11-12,15H,1-10H2. The Bertz CT molecular complexity index is 223. The van der Waals surface area contributed by atoms with Gasteiger partial charge in [0.05, 0.1) is 5.60 Å². The highest BCUT2D eigenvalue weighted by Gasteiger charge is 2.40. The molecule has 1 heterocycles. The Balaban J connectivity index is 1.56. The van der Waals surface area contributed by atoms with Gasteiger partial charge in [-0.3, -0.25) is 4.90 Å². The van der Waals surface area contributed by atoms with Crippen molar-refractivity contribution in [2.24, 2.45) is 11.8 Å². The Morgan fingerprint density at radius 2 is 1.60 bits per heavy atom. The van der Waals surface area contributed by atoms with Crippen molar-refractivity contribution in [1.82, 2.24) is 4.90 Å². The molecule has 0 aromatic carbocycles. The fourth-order valence-electron chi connectivity index (χ4n) is 3.79. The van der Waals surface area contributed by atoms with Crippen molar-refractivity contribution in [3.05, 3.63) is 0 Å². The van der Waals surface area contributed by atoms with Crippen LogP contribution in [0.5, 0.6) is 0 Å². The fourth-order valence-corrected chi connectivity index (χ4v) is 3.79. The summed E-state index contributed by atoms with van der Waals surface area (Å²) in [6.45, 7) is 3.50. The predicted octanol–water partition coefficient (Wildman–Crippen LogP) is 2.02. The van der Waals surface area contributed by atoms with E-state index in [4.69, 9.17) is 0 Å². The lowest BCUT2D eigenvalue weighted by Gasteiger charge is -2.39. The third kappa shape index (κ3) is 1.94. The largest absolute Gasteiger partial charge is 0.389 e. The Morgan fingerprint density at radius 3 is 2.07 bits per heavy atom. The minimum absolute atomic E-state index is 0.298. The van der Waals surface area contributed by atoms with Gasteiger partial charge in [0, 0.05) is 19.6 Å². The van der Waals surface area contributed by atoms with Crippen molar-refractivity contribution >= 4 is 0 Å². The van der Waals surface area contributed by atoms with Crippen LogP contribution < -0.4 is 0 Å². The van der Waals surface area contributed by atoms with E-state index in [1.165, 1.54) is 45.2 Å². The Hall–Kier alpha value is -0.0800. The second-order valence-corrected chi connectivity index (χ2v) is 6.08. The normalized spacial score (nSPS) is 39.8. The maximum absolute atomic E-state index is 10.2. The van der Waals surface area contributed by atoms with Crippen LogP contribution in [0, 0.1) is 11.8 Å². The van der Waals surface area contributed by atoms with Gasteiger partial charge in [-0.2, -0.15) is 0 Å². The zero-order chi connectivity index (χ0) is 10.3. The zero-order valence-electron chi connectivity index (χ0n) is 9.62. The first-order valence-corrected chi connectivity index (χ1v) is 6.70. The maximum atomic E-state index is 10.2. The number of hydrogen-bond donors (Lipinski definition) is 1. The fraction of sp³-hybridized carbons (Fsp3) is 1.00. The quantitative estimate of drug-likeness (QED) is 0.752. The minimum atomic E-state index is -0.298. The van der Waals surface area contributed by atoms with Crippen LogP contribution in [0.15, 0.2) is 0 Å². The molecule has 2 heteroatoms. The molecule has 3 rings (SSSR count). The molecule has 3 aliphatic rings. The van der Waals surface area contributed by atoms with E-state index in [-0.39, 0.29) is 5.60 Å². The van der Waals surface area contributed by atoms with Crippen LogP contribution in [0.2, 0.25) is 0 Å². The third-order valence-electron chi connectivity index (χ3n) is 4.85. The van der Waals surface area contributed by atoms with E-state index in [9.17, 15) is 5.11 Å². The van der Waals surface area contributed by atoms with Gasteiger partial charge in [0.2, 0.25) is 0 Å². The van der Waals surface area contributed by atoms with Crippen molar-refractivity contribution in [2.75, 3.05) is 19.6 Å². The van der Waals surface area contributed by atoms with Gasteiger partial charge in [-0.05, 0) is 43.9 Å². The zero-order valence-corrected chi connectivity index (χ0v) is 9.62. The van der Waals surface area contributed by atoms with Crippen LogP contribution in [-0.2, 0) is 0 Å². The number of fused-ring (bicyclic) bond motifs is 1. The van der Waals surface area contributed by atoms with Crippen LogP contribution in [0.1, 0.15) is 44.9 Å². The van der Waals surface area contributed by atoms with Crippen molar-refractivity contribution < 1.29 is 5.11 Å². The summed E-state index contributed by atoms with van der Waals surface area (Å²) < 4.78 is 0. The van der Waals surface area contributed by atoms with Gasteiger partial charge in [-0.1, -0.05) is 12.8 Å². The molecule has 1 saturated heterocycles. The lowest BCUT2D eigenvalue weighted by atomic mass is 9.80. The Morgan fingerprint density at radius 1 is 1.00 bits per heavy atom. The summed E-state index contributed by atoms with van der Waals surface area (Å²) in [4.78, 5) is 2.54. The number of β-amino-alcohol motifs (C(OH)–C–C–N with tert-alkyl or cyclic N) is 1. The SMILES string of the molecule is OC1(CN2CC3CCCCC3C2)CCC1. The molecule has 3 fully saturated rings. The first kappa shape index (κ1) is 10.1. The molecule has 1 aliphatic heterocycles. The van der Waals surface area contributed by atoms with E-state index in [0.29, 0.717) is 0 Å². The molecule has 2 nitrogen and oxygen atoms in total. The van der Waals surface area contributed by atoms with E-state index >= 15 is 0 Å². The topological polar surface area (TPSA) is 23.5 Å².